The molecule has 7 nitrogen and oxygen atoms in total. The quantitative estimate of drug-likeness (QED) is 0.509. The van der Waals surface area contributed by atoms with Gasteiger partial charge in [0.25, 0.3) is 5.92 Å². The number of aliphatic hydroxyl groups excluding tert-OH is 1. The first kappa shape index (κ1) is 27.7. The number of morpholine rings is 1. The maximum atomic E-state index is 13.3. The Kier molecular flexibility index (Phi) is 8.38. The topological polar surface area (TPSA) is 91.2 Å². The van der Waals surface area contributed by atoms with Crippen LogP contribution in [-0.4, -0.2) is 66.2 Å². The molecule has 2 heterocycles. The van der Waals surface area contributed by atoms with Crippen molar-refractivity contribution in [1.29, 1.82) is 0 Å². The van der Waals surface area contributed by atoms with Gasteiger partial charge in [-0.25, -0.2) is 8.78 Å². The van der Waals surface area contributed by atoms with Gasteiger partial charge in [-0.15, -0.1) is 0 Å². The molecule has 2 aromatic carbocycles. The molecule has 2 fully saturated rings. The third-order valence-corrected chi connectivity index (χ3v) is 7.34. The van der Waals surface area contributed by atoms with E-state index in [1.807, 2.05) is 12.1 Å². The standard InChI is InChI=1S/C31H31F2N3O4/c32-31(33)18-25(19-31)35-30(39)26(17-27-29(38)28(37)11-12-34-27)24-9-7-22(8-10-24)2-1-21-3-5-23(6-4-21)20-36-13-15-40-16-14-36/h3-10,12,25-26,38H,11,13-20H2,(H,35,39). The Morgan fingerprint density at radius 2 is 1.70 bits per heavy atom. The molecular weight excluding hydrogens is 516 g/mol. The van der Waals surface area contributed by atoms with Crippen LogP contribution in [-0.2, 0) is 20.9 Å². The highest BCUT2D eigenvalue weighted by Crippen LogP contribution is 2.38. The van der Waals surface area contributed by atoms with Crippen molar-refractivity contribution in [2.45, 2.75) is 50.1 Å². The monoisotopic (exact) mass is 547 g/mol. The van der Waals surface area contributed by atoms with Crippen molar-refractivity contribution < 1.29 is 28.2 Å². The number of hydrogen-bond acceptors (Lipinski definition) is 6. The van der Waals surface area contributed by atoms with E-state index in [0.717, 1.165) is 44.0 Å². The first-order valence-corrected chi connectivity index (χ1v) is 13.4. The summed E-state index contributed by atoms with van der Waals surface area (Å²) in [4.78, 5) is 31.5. The number of rotatable bonds is 7. The van der Waals surface area contributed by atoms with Crippen LogP contribution in [0.1, 0.15) is 53.9 Å². The summed E-state index contributed by atoms with van der Waals surface area (Å²) in [7, 11) is 0. The number of nitrogens with zero attached hydrogens (tertiary/aromatic N) is 2. The molecule has 208 valence electrons. The summed E-state index contributed by atoms with van der Waals surface area (Å²) in [5.41, 5.74) is 3.56. The van der Waals surface area contributed by atoms with E-state index in [4.69, 9.17) is 4.74 Å². The van der Waals surface area contributed by atoms with Crippen LogP contribution < -0.4 is 5.32 Å². The molecule has 0 spiro atoms. The molecular formula is C31H31F2N3O4. The zero-order valence-electron chi connectivity index (χ0n) is 22.0. The number of hydrogen-bond donors (Lipinski definition) is 2. The van der Waals surface area contributed by atoms with Gasteiger partial charge in [0.2, 0.25) is 11.7 Å². The van der Waals surface area contributed by atoms with Crippen LogP contribution in [0.3, 0.4) is 0 Å². The fraction of sp³-hybridized carbons (Fsp3) is 0.387. The second-order valence-electron chi connectivity index (χ2n) is 10.4. The Bertz CT molecular complexity index is 1360. The van der Waals surface area contributed by atoms with Crippen LogP contribution in [0.4, 0.5) is 8.78 Å². The smallest absolute Gasteiger partial charge is 0.252 e. The summed E-state index contributed by atoms with van der Waals surface area (Å²) in [5.74, 6) is 1.31. The van der Waals surface area contributed by atoms with E-state index in [2.05, 4.69) is 39.2 Å². The minimum atomic E-state index is -2.77. The predicted molar refractivity (Wildman–Crippen MR) is 146 cm³/mol. The fourth-order valence-electron chi connectivity index (χ4n) is 4.98. The number of carbonyl (C=O) groups is 2. The lowest BCUT2D eigenvalue weighted by Gasteiger charge is -2.36. The number of carbonyl (C=O) groups excluding carboxylic acids is 2. The number of aliphatic hydroxyl groups is 1. The van der Waals surface area contributed by atoms with Crippen molar-refractivity contribution >= 4 is 17.9 Å². The number of alkyl halides is 2. The van der Waals surface area contributed by atoms with E-state index in [-0.39, 0.29) is 18.5 Å². The lowest BCUT2D eigenvalue weighted by molar-refractivity contribution is -0.130. The Morgan fingerprint density at radius 3 is 2.33 bits per heavy atom. The first-order valence-electron chi connectivity index (χ1n) is 13.4. The fourth-order valence-corrected chi connectivity index (χ4v) is 4.98. The van der Waals surface area contributed by atoms with E-state index in [0.29, 0.717) is 5.56 Å². The van der Waals surface area contributed by atoms with Gasteiger partial charge >= 0.3 is 0 Å². The van der Waals surface area contributed by atoms with E-state index in [1.54, 1.807) is 24.3 Å². The highest BCUT2D eigenvalue weighted by atomic mass is 19.3. The van der Waals surface area contributed by atoms with Crippen molar-refractivity contribution in [1.82, 2.24) is 10.2 Å². The normalized spacial score (nSPS) is 19.9. The minimum absolute atomic E-state index is 0.00663. The molecule has 2 aliphatic heterocycles. The number of ether oxygens (including phenoxy) is 1. The molecule has 1 unspecified atom stereocenters. The first-order chi connectivity index (χ1) is 19.3. The third-order valence-electron chi connectivity index (χ3n) is 7.34. The van der Waals surface area contributed by atoms with Gasteiger partial charge in [-0.05, 0) is 35.4 Å². The van der Waals surface area contributed by atoms with Crippen LogP contribution in [0.2, 0.25) is 0 Å². The maximum absolute atomic E-state index is 13.3. The van der Waals surface area contributed by atoms with Crippen molar-refractivity contribution in [2.24, 2.45) is 4.99 Å². The Labute approximate surface area is 231 Å². The molecule has 0 bridgehead atoms. The molecule has 0 aromatic heterocycles. The molecule has 0 radical (unpaired) electrons. The van der Waals surface area contributed by atoms with Crippen LogP contribution in [0.25, 0.3) is 0 Å². The molecule has 2 N–H and O–H groups in total. The zero-order chi connectivity index (χ0) is 28.1. The van der Waals surface area contributed by atoms with Gasteiger partial charge in [-0.2, -0.15) is 0 Å². The second kappa shape index (κ2) is 12.1. The van der Waals surface area contributed by atoms with Crippen LogP contribution in [0, 0.1) is 11.8 Å². The van der Waals surface area contributed by atoms with E-state index in [1.165, 1.54) is 11.8 Å². The summed E-state index contributed by atoms with van der Waals surface area (Å²) in [6, 6.07) is 14.6. The molecule has 1 amide bonds. The second-order valence-corrected chi connectivity index (χ2v) is 10.4. The SMILES string of the molecule is O=C1CC=NC(CC(C(=O)NC2CC(F)(F)C2)c2ccc(C#Cc3ccc(CN4CCOCC4)cc3)cc2)=C1O. The molecule has 9 heteroatoms. The largest absolute Gasteiger partial charge is 0.503 e. The highest BCUT2D eigenvalue weighted by Gasteiger charge is 2.46. The average molecular weight is 548 g/mol. The lowest BCUT2D eigenvalue weighted by atomic mass is 9.86. The average Bonchev–Trinajstić information content (AvgIpc) is 2.93. The summed E-state index contributed by atoms with van der Waals surface area (Å²) in [6.45, 7) is 4.27. The molecule has 3 aliphatic rings. The van der Waals surface area contributed by atoms with Crippen molar-refractivity contribution in [3.63, 3.8) is 0 Å². The van der Waals surface area contributed by atoms with Crippen LogP contribution in [0.15, 0.2) is 65.0 Å². The highest BCUT2D eigenvalue weighted by molar-refractivity contribution is 6.04. The summed E-state index contributed by atoms with van der Waals surface area (Å²) < 4.78 is 32.0. The number of aliphatic imine (C=N–C) groups is 1. The number of ketones is 1. The van der Waals surface area contributed by atoms with Crippen LogP contribution in [0.5, 0.6) is 0 Å². The molecule has 40 heavy (non-hydrogen) atoms. The number of halogens is 2. The molecule has 1 atom stereocenters. The molecule has 5 rings (SSSR count). The van der Waals surface area contributed by atoms with Gasteiger partial charge in [0.05, 0.1) is 24.8 Å². The van der Waals surface area contributed by atoms with Gasteiger partial charge in [-0.3, -0.25) is 19.5 Å². The maximum Gasteiger partial charge on any atom is 0.252 e. The van der Waals surface area contributed by atoms with Gasteiger partial charge in [0, 0.05) is 68.7 Å². The Hall–Kier alpha value is -3.87. The number of Topliss-reactive ketones (excluding diaryl/α,β-unsaturated/α-hetero) is 1. The number of nitrogens with one attached hydrogen (secondary N) is 1. The van der Waals surface area contributed by atoms with E-state index >= 15 is 0 Å². The van der Waals surface area contributed by atoms with Crippen molar-refractivity contribution in [3.8, 4) is 11.8 Å². The van der Waals surface area contributed by atoms with Gasteiger partial charge in [-0.1, -0.05) is 36.1 Å². The number of allylic oxidation sites excluding steroid dienone is 2. The van der Waals surface area contributed by atoms with Gasteiger partial charge < -0.3 is 15.2 Å². The summed E-state index contributed by atoms with van der Waals surface area (Å²) in [6.07, 6.45) is 0.544. The van der Waals surface area contributed by atoms with Gasteiger partial charge in [0.1, 0.15) is 0 Å². The van der Waals surface area contributed by atoms with Crippen molar-refractivity contribution in [2.75, 3.05) is 26.3 Å². The number of amides is 1. The molecule has 1 aliphatic carbocycles. The summed E-state index contributed by atoms with van der Waals surface area (Å²) in [5, 5.41) is 12.9. The summed E-state index contributed by atoms with van der Waals surface area (Å²) >= 11 is 0. The molecule has 1 saturated heterocycles. The van der Waals surface area contributed by atoms with Gasteiger partial charge in [0.15, 0.2) is 5.76 Å². The third kappa shape index (κ3) is 7.00. The lowest BCUT2D eigenvalue weighted by Crippen LogP contribution is -2.51. The zero-order valence-corrected chi connectivity index (χ0v) is 22.0. The Morgan fingerprint density at radius 1 is 1.07 bits per heavy atom. The van der Waals surface area contributed by atoms with Crippen LogP contribution >= 0.6 is 0 Å². The molecule has 2 aromatic rings. The van der Waals surface area contributed by atoms with E-state index in [9.17, 15) is 23.5 Å². The minimum Gasteiger partial charge on any atom is -0.503 e. The van der Waals surface area contributed by atoms with E-state index < -0.39 is 48.2 Å². The van der Waals surface area contributed by atoms with Crippen molar-refractivity contribution in [3.05, 3.63) is 82.2 Å². The predicted octanol–water partition coefficient (Wildman–Crippen LogP) is 4.12. The molecule has 1 saturated carbocycles. The Balaban J connectivity index is 1.27. The number of benzene rings is 2.